The highest BCUT2D eigenvalue weighted by atomic mass is 14.9. The number of hydrogen-bond donors (Lipinski definition) is 1. The molecule has 1 nitrogen and oxygen atoms in total. The quantitative estimate of drug-likeness (QED) is 0.313. The summed E-state index contributed by atoms with van der Waals surface area (Å²) in [5.74, 6) is 0. The van der Waals surface area contributed by atoms with E-state index in [2.05, 4.69) is 128 Å². The third-order valence-electron chi connectivity index (χ3n) is 6.83. The van der Waals surface area contributed by atoms with Crippen LogP contribution in [0.15, 0.2) is 109 Å². The molecule has 5 aromatic rings. The van der Waals surface area contributed by atoms with Gasteiger partial charge in [0.25, 0.3) is 0 Å². The normalized spacial score (nSPS) is 13.6. The van der Waals surface area contributed by atoms with Crippen LogP contribution in [-0.4, -0.2) is 0 Å². The summed E-state index contributed by atoms with van der Waals surface area (Å²) in [7, 11) is 0. The summed E-state index contributed by atoms with van der Waals surface area (Å²) >= 11 is 0. The number of nitrogens with one attached hydrogen (secondary N) is 1. The lowest BCUT2D eigenvalue weighted by Crippen LogP contribution is -2.15. The third kappa shape index (κ3) is 2.85. The van der Waals surface area contributed by atoms with Gasteiger partial charge in [-0.05, 0) is 56.8 Å². The van der Waals surface area contributed by atoms with E-state index in [0.717, 1.165) is 11.4 Å². The van der Waals surface area contributed by atoms with Crippen molar-refractivity contribution in [3.05, 3.63) is 120 Å². The summed E-state index contributed by atoms with van der Waals surface area (Å²) < 4.78 is 0. The van der Waals surface area contributed by atoms with Gasteiger partial charge < -0.3 is 5.32 Å². The molecule has 6 rings (SSSR count). The Hall–Kier alpha value is -3.84. The lowest BCUT2D eigenvalue weighted by molar-refractivity contribution is 0.666. The SMILES string of the molecule is CC1(C)c2cc(Nc3ccccc3-c3ccccc3)ccc2-c2ccc3ccccc3c21. The van der Waals surface area contributed by atoms with Crippen LogP contribution in [0.1, 0.15) is 25.0 Å². The Bertz CT molecular complexity index is 1460. The molecule has 32 heavy (non-hydrogen) atoms. The van der Waals surface area contributed by atoms with Crippen molar-refractivity contribution < 1.29 is 0 Å². The number of benzene rings is 5. The van der Waals surface area contributed by atoms with Gasteiger partial charge in [-0.2, -0.15) is 0 Å². The van der Waals surface area contributed by atoms with E-state index in [1.807, 2.05) is 0 Å². The van der Waals surface area contributed by atoms with Crippen LogP contribution in [0.5, 0.6) is 0 Å². The fourth-order valence-electron chi connectivity index (χ4n) is 5.30. The van der Waals surface area contributed by atoms with Crippen molar-refractivity contribution in [2.24, 2.45) is 0 Å². The summed E-state index contributed by atoms with van der Waals surface area (Å²) in [4.78, 5) is 0. The lowest BCUT2D eigenvalue weighted by Gasteiger charge is -2.24. The first-order valence-corrected chi connectivity index (χ1v) is 11.2. The van der Waals surface area contributed by atoms with Crippen LogP contribution in [0.4, 0.5) is 11.4 Å². The predicted octanol–water partition coefficient (Wildman–Crippen LogP) is 8.56. The summed E-state index contributed by atoms with van der Waals surface area (Å²) in [6.45, 7) is 4.71. The maximum atomic E-state index is 3.70. The molecule has 0 bridgehead atoms. The van der Waals surface area contributed by atoms with E-state index in [4.69, 9.17) is 0 Å². The second kappa shape index (κ2) is 7.10. The van der Waals surface area contributed by atoms with Gasteiger partial charge in [-0.1, -0.05) is 105 Å². The lowest BCUT2D eigenvalue weighted by atomic mass is 9.80. The van der Waals surface area contributed by atoms with Crippen molar-refractivity contribution in [2.75, 3.05) is 5.32 Å². The number of fused-ring (bicyclic) bond motifs is 5. The minimum atomic E-state index is -0.0534. The summed E-state index contributed by atoms with van der Waals surface area (Å²) in [5, 5.41) is 6.37. The van der Waals surface area contributed by atoms with Crippen LogP contribution in [-0.2, 0) is 5.41 Å². The van der Waals surface area contributed by atoms with Crippen LogP contribution in [0.25, 0.3) is 33.0 Å². The van der Waals surface area contributed by atoms with Gasteiger partial charge in [0.2, 0.25) is 0 Å². The Morgan fingerprint density at radius 2 is 1.31 bits per heavy atom. The Labute approximate surface area is 189 Å². The van der Waals surface area contributed by atoms with Gasteiger partial charge in [-0.25, -0.2) is 0 Å². The number of rotatable bonds is 3. The fourth-order valence-corrected chi connectivity index (χ4v) is 5.30. The van der Waals surface area contributed by atoms with Crippen LogP contribution in [0.3, 0.4) is 0 Å². The van der Waals surface area contributed by atoms with Gasteiger partial charge >= 0.3 is 0 Å². The molecule has 1 heteroatoms. The average molecular weight is 412 g/mol. The molecule has 0 heterocycles. The highest BCUT2D eigenvalue weighted by Crippen LogP contribution is 2.52. The van der Waals surface area contributed by atoms with Gasteiger partial charge in [0, 0.05) is 22.4 Å². The molecule has 0 aliphatic heterocycles. The van der Waals surface area contributed by atoms with Crippen LogP contribution in [0.2, 0.25) is 0 Å². The highest BCUT2D eigenvalue weighted by Gasteiger charge is 2.36. The molecule has 0 radical (unpaired) electrons. The molecular weight excluding hydrogens is 386 g/mol. The molecule has 0 atom stereocenters. The van der Waals surface area contributed by atoms with Gasteiger partial charge in [0.1, 0.15) is 0 Å². The van der Waals surface area contributed by atoms with Crippen molar-refractivity contribution in [3.63, 3.8) is 0 Å². The van der Waals surface area contributed by atoms with E-state index in [0.29, 0.717) is 0 Å². The molecule has 1 N–H and O–H groups in total. The summed E-state index contributed by atoms with van der Waals surface area (Å²) in [6, 6.07) is 39.2. The number of hydrogen-bond acceptors (Lipinski definition) is 1. The first-order valence-electron chi connectivity index (χ1n) is 11.2. The summed E-state index contributed by atoms with van der Waals surface area (Å²) in [5.41, 5.74) is 10.1. The molecule has 0 saturated carbocycles. The first kappa shape index (κ1) is 18.9. The zero-order valence-electron chi connectivity index (χ0n) is 18.4. The van der Waals surface area contributed by atoms with E-state index >= 15 is 0 Å². The van der Waals surface area contributed by atoms with E-state index in [1.165, 1.54) is 44.2 Å². The Morgan fingerprint density at radius 1 is 0.594 bits per heavy atom. The summed E-state index contributed by atoms with van der Waals surface area (Å²) in [6.07, 6.45) is 0. The smallest absolute Gasteiger partial charge is 0.0463 e. The monoisotopic (exact) mass is 411 g/mol. The zero-order chi connectivity index (χ0) is 21.7. The zero-order valence-corrected chi connectivity index (χ0v) is 18.4. The molecule has 0 amide bonds. The number of para-hydroxylation sites is 1. The van der Waals surface area contributed by atoms with E-state index in [1.54, 1.807) is 0 Å². The van der Waals surface area contributed by atoms with Gasteiger partial charge in [-0.15, -0.1) is 0 Å². The predicted molar refractivity (Wildman–Crippen MR) is 137 cm³/mol. The van der Waals surface area contributed by atoms with E-state index in [-0.39, 0.29) is 5.41 Å². The van der Waals surface area contributed by atoms with Crippen molar-refractivity contribution in [1.29, 1.82) is 0 Å². The average Bonchev–Trinajstić information content (AvgIpc) is 3.07. The second-order valence-electron chi connectivity index (χ2n) is 9.13. The topological polar surface area (TPSA) is 12.0 Å². The van der Waals surface area contributed by atoms with Crippen molar-refractivity contribution >= 4 is 22.1 Å². The third-order valence-corrected chi connectivity index (χ3v) is 6.83. The molecule has 0 fully saturated rings. The first-order chi connectivity index (χ1) is 15.6. The molecular formula is C31H25N. The highest BCUT2D eigenvalue weighted by molar-refractivity contribution is 5.98. The van der Waals surface area contributed by atoms with E-state index in [9.17, 15) is 0 Å². The molecule has 154 valence electrons. The molecule has 1 aliphatic rings. The largest absolute Gasteiger partial charge is 0.355 e. The molecule has 0 unspecified atom stereocenters. The second-order valence-corrected chi connectivity index (χ2v) is 9.13. The Balaban J connectivity index is 1.44. The molecule has 0 aromatic heterocycles. The Morgan fingerprint density at radius 3 is 2.19 bits per heavy atom. The fraction of sp³-hybridized carbons (Fsp3) is 0.0968. The van der Waals surface area contributed by atoms with Crippen LogP contribution in [0, 0.1) is 0 Å². The molecule has 5 aromatic carbocycles. The minimum absolute atomic E-state index is 0.0534. The minimum Gasteiger partial charge on any atom is -0.355 e. The number of anilines is 2. The van der Waals surface area contributed by atoms with Gasteiger partial charge in [-0.3, -0.25) is 0 Å². The van der Waals surface area contributed by atoms with Crippen LogP contribution < -0.4 is 5.32 Å². The Kier molecular flexibility index (Phi) is 4.19. The maximum Gasteiger partial charge on any atom is 0.0463 e. The molecule has 1 aliphatic carbocycles. The van der Waals surface area contributed by atoms with Crippen LogP contribution >= 0.6 is 0 Å². The van der Waals surface area contributed by atoms with E-state index < -0.39 is 0 Å². The maximum absolute atomic E-state index is 3.70. The van der Waals surface area contributed by atoms with Gasteiger partial charge in [0.15, 0.2) is 0 Å². The van der Waals surface area contributed by atoms with Crippen molar-refractivity contribution in [2.45, 2.75) is 19.3 Å². The van der Waals surface area contributed by atoms with Gasteiger partial charge in [0.05, 0.1) is 0 Å². The van der Waals surface area contributed by atoms with Crippen molar-refractivity contribution in [1.82, 2.24) is 0 Å². The molecule has 0 spiro atoms. The van der Waals surface area contributed by atoms with Crippen molar-refractivity contribution in [3.8, 4) is 22.3 Å². The molecule has 0 saturated heterocycles. The standard InChI is InChI=1S/C31H25N/c1-31(2)28-20-23(32-29-15-9-8-13-24(29)21-10-4-3-5-11-21)17-19-26(28)27-18-16-22-12-6-7-14-25(22)30(27)31/h3-20,32H,1-2H3.